The third kappa shape index (κ3) is 6.79. The van der Waals surface area contributed by atoms with Crippen LogP contribution in [0, 0.1) is 11.3 Å². The number of nitrogens with zero attached hydrogens (tertiary/aromatic N) is 3. The van der Waals surface area contributed by atoms with Crippen molar-refractivity contribution in [3.63, 3.8) is 0 Å². The Kier molecular flexibility index (Phi) is 9.68. The minimum Gasteiger partial charge on any atom is -0.497 e. The number of aromatic nitrogens is 2. The molecule has 1 unspecified atom stereocenters. The number of fused-ring (bicyclic) bond motifs is 1. The van der Waals surface area contributed by atoms with Crippen LogP contribution in [0.1, 0.15) is 47.4 Å². The monoisotopic (exact) mass is 640 g/mol. The number of ketones is 1. The quantitative estimate of drug-likeness (QED) is 0.190. The number of ether oxygens (including phenoxy) is 4. The molecule has 0 radical (unpaired) electrons. The number of hydrogen-bond donors (Lipinski definition) is 1. The number of aromatic amines is 1. The molecule has 2 aliphatic heterocycles. The van der Waals surface area contributed by atoms with Crippen LogP contribution in [0.2, 0.25) is 0 Å². The highest BCUT2D eigenvalue weighted by Gasteiger charge is 2.46. The van der Waals surface area contributed by atoms with Gasteiger partial charge in [0.25, 0.3) is 0 Å². The molecule has 0 spiro atoms. The fourth-order valence-electron chi connectivity index (χ4n) is 7.16. The van der Waals surface area contributed by atoms with Gasteiger partial charge < -0.3 is 33.7 Å². The first kappa shape index (κ1) is 32.4. The van der Waals surface area contributed by atoms with Gasteiger partial charge in [0, 0.05) is 19.0 Å². The number of benzene rings is 3. The topological polar surface area (TPSA) is 106 Å². The van der Waals surface area contributed by atoms with E-state index in [0.29, 0.717) is 42.6 Å². The molecule has 10 nitrogen and oxygen atoms in total. The number of carbonyl (C=O) groups is 2. The van der Waals surface area contributed by atoms with E-state index >= 15 is 0 Å². The molecule has 2 fully saturated rings. The summed E-state index contributed by atoms with van der Waals surface area (Å²) in [6.45, 7) is 3.55. The maximum atomic E-state index is 14.4. The van der Waals surface area contributed by atoms with Gasteiger partial charge in [-0.2, -0.15) is 0 Å². The van der Waals surface area contributed by atoms with E-state index in [1.807, 2.05) is 53.4 Å². The molecule has 4 aromatic rings. The lowest BCUT2D eigenvalue weighted by atomic mass is 9.77. The van der Waals surface area contributed by atoms with E-state index in [1.54, 1.807) is 28.4 Å². The van der Waals surface area contributed by atoms with Crippen molar-refractivity contribution in [2.75, 3.05) is 54.6 Å². The van der Waals surface area contributed by atoms with Crippen LogP contribution in [0.15, 0.2) is 60.7 Å². The molecule has 0 saturated carbocycles. The summed E-state index contributed by atoms with van der Waals surface area (Å²) in [7, 11) is 6.43. The van der Waals surface area contributed by atoms with Crippen molar-refractivity contribution >= 4 is 22.7 Å². The van der Waals surface area contributed by atoms with Crippen LogP contribution < -0.4 is 18.9 Å². The summed E-state index contributed by atoms with van der Waals surface area (Å²) in [6.07, 6.45) is 3.73. The molecular weight excluding hydrogens is 596 g/mol. The Labute approximate surface area is 276 Å². The second-order valence-electron chi connectivity index (χ2n) is 12.6. The smallest absolute Gasteiger partial charge is 0.229 e. The normalized spacial score (nSPS) is 18.9. The molecule has 1 N–H and O–H groups in total. The fourth-order valence-corrected chi connectivity index (χ4v) is 7.16. The number of H-pyrrole nitrogens is 1. The lowest BCUT2D eigenvalue weighted by molar-refractivity contribution is -0.137. The zero-order valence-corrected chi connectivity index (χ0v) is 27.7. The summed E-state index contributed by atoms with van der Waals surface area (Å²) in [5.41, 5.74) is 3.20. The summed E-state index contributed by atoms with van der Waals surface area (Å²) >= 11 is 0. The van der Waals surface area contributed by atoms with Crippen LogP contribution in [-0.2, 0) is 17.8 Å². The Bertz CT molecular complexity index is 1650. The number of nitrogens with one attached hydrogen (secondary N) is 1. The van der Waals surface area contributed by atoms with Crippen LogP contribution in [0.3, 0.4) is 0 Å². The van der Waals surface area contributed by atoms with Crippen molar-refractivity contribution in [2.24, 2.45) is 11.3 Å². The molecule has 2 saturated heterocycles. The van der Waals surface area contributed by atoms with E-state index in [0.717, 1.165) is 73.2 Å². The van der Waals surface area contributed by atoms with Gasteiger partial charge in [0.2, 0.25) is 17.4 Å². The Morgan fingerprint density at radius 1 is 0.894 bits per heavy atom. The number of amides is 1. The minimum absolute atomic E-state index is 0.0536. The second-order valence-corrected chi connectivity index (χ2v) is 12.6. The standard InChI is InChI=1S/C37H44N4O6/c1-44-28-11-9-25(10-12-28)23-37(16-20-41(36(37)43)24-26-21-31(45-2)34(47-4)32(22-26)46-3)15-19-40-17-13-27(14-18-40)33(42)35-38-29-7-5-6-8-30(29)39-35/h5-12,21-22,27H,13-20,23-24H2,1-4H3,(H,38,39). The van der Waals surface area contributed by atoms with Gasteiger partial charge >= 0.3 is 0 Å². The van der Waals surface area contributed by atoms with Crippen molar-refractivity contribution in [2.45, 2.75) is 38.6 Å². The van der Waals surface area contributed by atoms with Crippen LogP contribution in [0.4, 0.5) is 0 Å². The summed E-state index contributed by atoms with van der Waals surface area (Å²) in [5, 5.41) is 0. The summed E-state index contributed by atoms with van der Waals surface area (Å²) in [4.78, 5) is 39.8. The number of Topliss-reactive ketones (excluding diaryl/α,β-unsaturated/α-hetero) is 1. The lowest BCUT2D eigenvalue weighted by Gasteiger charge is -2.35. The third-order valence-corrected chi connectivity index (χ3v) is 9.89. The summed E-state index contributed by atoms with van der Waals surface area (Å²) in [5.74, 6) is 3.12. The second kappa shape index (κ2) is 14.0. The molecule has 47 heavy (non-hydrogen) atoms. The fraction of sp³-hybridized carbons (Fsp3) is 0.432. The Morgan fingerprint density at radius 2 is 1.60 bits per heavy atom. The number of imidazole rings is 1. The SMILES string of the molecule is COc1ccc(CC2(CCN3CCC(C(=O)c4nc5ccccc5[nH]4)CC3)CCN(Cc3cc(OC)c(OC)c(OC)c3)C2=O)cc1. The van der Waals surface area contributed by atoms with Crippen molar-refractivity contribution in [1.29, 1.82) is 0 Å². The first-order valence-electron chi connectivity index (χ1n) is 16.3. The highest BCUT2D eigenvalue weighted by Crippen LogP contribution is 2.42. The number of rotatable bonds is 13. The third-order valence-electron chi connectivity index (χ3n) is 9.89. The van der Waals surface area contributed by atoms with E-state index in [9.17, 15) is 9.59 Å². The average Bonchev–Trinajstić information content (AvgIpc) is 3.68. The molecule has 0 bridgehead atoms. The van der Waals surface area contributed by atoms with Crippen molar-refractivity contribution in [3.05, 3.63) is 77.6 Å². The number of carbonyl (C=O) groups excluding carboxylic acids is 2. The largest absolute Gasteiger partial charge is 0.497 e. The van der Waals surface area contributed by atoms with Gasteiger partial charge in [0.05, 0.1) is 44.9 Å². The molecule has 3 aromatic carbocycles. The van der Waals surface area contributed by atoms with Gasteiger partial charge in [0.1, 0.15) is 5.75 Å². The van der Waals surface area contributed by atoms with E-state index in [-0.39, 0.29) is 17.6 Å². The van der Waals surface area contributed by atoms with Crippen LogP contribution in [0.5, 0.6) is 23.0 Å². The number of hydrogen-bond acceptors (Lipinski definition) is 8. The molecular formula is C37H44N4O6. The van der Waals surface area contributed by atoms with Gasteiger partial charge in [-0.25, -0.2) is 4.98 Å². The Morgan fingerprint density at radius 3 is 2.23 bits per heavy atom. The zero-order valence-electron chi connectivity index (χ0n) is 27.7. The van der Waals surface area contributed by atoms with Crippen molar-refractivity contribution in [3.8, 4) is 23.0 Å². The van der Waals surface area contributed by atoms with E-state index in [4.69, 9.17) is 18.9 Å². The molecule has 2 aliphatic rings. The molecule has 1 aromatic heterocycles. The van der Waals surface area contributed by atoms with Crippen LogP contribution in [0.25, 0.3) is 11.0 Å². The van der Waals surface area contributed by atoms with E-state index < -0.39 is 5.41 Å². The van der Waals surface area contributed by atoms with Gasteiger partial charge in [-0.15, -0.1) is 0 Å². The van der Waals surface area contributed by atoms with Crippen molar-refractivity contribution in [1.82, 2.24) is 19.8 Å². The van der Waals surface area contributed by atoms with E-state index in [2.05, 4.69) is 27.0 Å². The van der Waals surface area contributed by atoms with Gasteiger partial charge in [0.15, 0.2) is 17.3 Å². The number of methoxy groups -OCH3 is 4. The highest BCUT2D eigenvalue weighted by atomic mass is 16.5. The molecule has 0 aliphatic carbocycles. The highest BCUT2D eigenvalue weighted by molar-refractivity contribution is 5.97. The first-order chi connectivity index (χ1) is 22.9. The van der Waals surface area contributed by atoms with E-state index in [1.165, 1.54) is 0 Å². The molecule has 1 atom stereocenters. The Hall–Kier alpha value is -4.57. The maximum absolute atomic E-state index is 14.4. The van der Waals surface area contributed by atoms with Gasteiger partial charge in [-0.3, -0.25) is 9.59 Å². The predicted molar refractivity (Wildman–Crippen MR) is 179 cm³/mol. The maximum Gasteiger partial charge on any atom is 0.229 e. The van der Waals surface area contributed by atoms with Crippen LogP contribution in [-0.4, -0.2) is 86.1 Å². The molecule has 1 amide bonds. The van der Waals surface area contributed by atoms with Gasteiger partial charge in [-0.1, -0.05) is 24.3 Å². The molecule has 3 heterocycles. The van der Waals surface area contributed by atoms with Crippen LogP contribution >= 0.6 is 0 Å². The predicted octanol–water partition coefficient (Wildman–Crippen LogP) is 5.54. The number of likely N-dealkylation sites (tertiary alicyclic amines) is 2. The zero-order chi connectivity index (χ0) is 33.0. The average molecular weight is 641 g/mol. The lowest BCUT2D eigenvalue weighted by Crippen LogP contribution is -2.42. The minimum atomic E-state index is -0.532. The number of piperidine rings is 1. The Balaban J connectivity index is 1.14. The molecule has 10 heteroatoms. The van der Waals surface area contributed by atoms with Gasteiger partial charge in [-0.05, 0) is 99.3 Å². The summed E-state index contributed by atoms with van der Waals surface area (Å²) in [6, 6.07) is 19.6. The molecule has 248 valence electrons. The number of para-hydroxylation sites is 2. The molecule has 6 rings (SSSR count). The first-order valence-corrected chi connectivity index (χ1v) is 16.3. The van der Waals surface area contributed by atoms with Crippen molar-refractivity contribution < 1.29 is 28.5 Å². The summed E-state index contributed by atoms with van der Waals surface area (Å²) < 4.78 is 22.0.